The second-order valence-corrected chi connectivity index (χ2v) is 7.70. The lowest BCUT2D eigenvalue weighted by atomic mass is 10.0. The zero-order valence-electron chi connectivity index (χ0n) is 14.2. The lowest BCUT2D eigenvalue weighted by Gasteiger charge is -2.08. The molecule has 1 aromatic heterocycles. The topological polar surface area (TPSA) is 55.4 Å². The van der Waals surface area contributed by atoms with E-state index < -0.39 is 5.97 Å². The summed E-state index contributed by atoms with van der Waals surface area (Å²) in [5, 5.41) is 3.34. The predicted octanol–water partition coefficient (Wildman–Crippen LogP) is 5.52. The number of anilines is 1. The molecule has 6 heteroatoms. The number of halogens is 1. The second-order valence-electron chi connectivity index (χ2n) is 5.56. The molecule has 132 valence electrons. The van der Waals surface area contributed by atoms with Gasteiger partial charge in [-0.25, -0.2) is 4.79 Å². The Balaban J connectivity index is 2.06. The molecule has 0 aliphatic rings. The summed E-state index contributed by atoms with van der Waals surface area (Å²) < 4.78 is 5.92. The molecule has 0 bridgehead atoms. The Morgan fingerprint density at radius 1 is 1.04 bits per heavy atom. The van der Waals surface area contributed by atoms with Crippen molar-refractivity contribution >= 4 is 44.1 Å². The normalized spacial score (nSPS) is 10.4. The first-order valence-corrected chi connectivity index (χ1v) is 9.46. The molecule has 0 radical (unpaired) electrons. The summed E-state index contributed by atoms with van der Waals surface area (Å²) in [7, 11) is 1.34. The number of methoxy groups -OCH3 is 1. The third-order valence-electron chi connectivity index (χ3n) is 3.87. The van der Waals surface area contributed by atoms with Gasteiger partial charge in [0, 0.05) is 20.5 Å². The van der Waals surface area contributed by atoms with Crippen molar-refractivity contribution < 1.29 is 14.3 Å². The van der Waals surface area contributed by atoms with Crippen molar-refractivity contribution in [2.75, 3.05) is 12.4 Å². The van der Waals surface area contributed by atoms with Crippen LogP contribution in [-0.4, -0.2) is 19.0 Å². The molecular formula is C20H16BrNO3S. The second kappa shape index (κ2) is 7.85. The van der Waals surface area contributed by atoms with Gasteiger partial charge in [-0.15, -0.1) is 11.3 Å². The number of benzene rings is 2. The molecule has 1 heterocycles. The Morgan fingerprint density at radius 3 is 2.31 bits per heavy atom. The summed E-state index contributed by atoms with van der Waals surface area (Å²) in [6, 6.07) is 16.6. The minimum Gasteiger partial charge on any atom is -0.465 e. The lowest BCUT2D eigenvalue weighted by molar-refractivity contribution is 0.0603. The van der Waals surface area contributed by atoms with Gasteiger partial charge in [-0.2, -0.15) is 0 Å². The summed E-state index contributed by atoms with van der Waals surface area (Å²) in [5.41, 5.74) is 2.57. The Morgan fingerprint density at radius 2 is 1.69 bits per heavy atom. The van der Waals surface area contributed by atoms with Gasteiger partial charge in [-0.05, 0) is 36.8 Å². The highest BCUT2D eigenvalue weighted by Crippen LogP contribution is 2.40. The number of carbonyl (C=O) groups is 2. The number of carbonyl (C=O) groups excluding carboxylic acids is 2. The maximum atomic E-state index is 12.5. The Hall–Kier alpha value is -2.44. The molecule has 0 aliphatic heterocycles. The molecule has 1 N–H and O–H groups in total. The number of amides is 1. The van der Waals surface area contributed by atoms with Gasteiger partial charge in [0.25, 0.3) is 5.91 Å². The SMILES string of the molecule is COC(=O)c1c(NC(=O)c2ccccc2)sc(C)c1-c1ccc(Br)cc1. The number of hydrogen-bond acceptors (Lipinski definition) is 4. The molecule has 3 rings (SSSR count). The standard InChI is InChI=1S/C20H16BrNO3S/c1-12-16(13-8-10-15(21)11-9-13)17(20(24)25-2)19(26-12)22-18(23)14-6-4-3-5-7-14/h3-11H,1-2H3,(H,22,23). The average molecular weight is 430 g/mol. The molecule has 0 fully saturated rings. The maximum Gasteiger partial charge on any atom is 0.341 e. The molecule has 0 saturated carbocycles. The van der Waals surface area contributed by atoms with Crippen molar-refractivity contribution in [3.05, 3.63) is 75.1 Å². The monoisotopic (exact) mass is 429 g/mol. The largest absolute Gasteiger partial charge is 0.465 e. The number of ether oxygens (including phenoxy) is 1. The third-order valence-corrected chi connectivity index (χ3v) is 5.42. The Kier molecular flexibility index (Phi) is 5.54. The summed E-state index contributed by atoms with van der Waals surface area (Å²) >= 11 is 4.78. The van der Waals surface area contributed by atoms with Gasteiger partial charge in [0.2, 0.25) is 0 Å². The van der Waals surface area contributed by atoms with Crippen molar-refractivity contribution in [1.82, 2.24) is 0 Å². The van der Waals surface area contributed by atoms with Gasteiger partial charge < -0.3 is 10.1 Å². The zero-order valence-corrected chi connectivity index (χ0v) is 16.6. The van der Waals surface area contributed by atoms with Crippen LogP contribution < -0.4 is 5.32 Å². The Bertz CT molecular complexity index is 949. The quantitative estimate of drug-likeness (QED) is 0.555. The predicted molar refractivity (Wildman–Crippen MR) is 108 cm³/mol. The fourth-order valence-corrected chi connectivity index (χ4v) is 3.98. The van der Waals surface area contributed by atoms with E-state index in [1.165, 1.54) is 18.4 Å². The van der Waals surface area contributed by atoms with Gasteiger partial charge in [0.15, 0.2) is 0 Å². The fraction of sp³-hybridized carbons (Fsp3) is 0.100. The van der Waals surface area contributed by atoms with Gasteiger partial charge in [-0.1, -0.05) is 46.3 Å². The van der Waals surface area contributed by atoms with E-state index in [0.29, 0.717) is 16.1 Å². The van der Waals surface area contributed by atoms with Crippen LogP contribution in [0, 0.1) is 6.92 Å². The van der Waals surface area contributed by atoms with E-state index >= 15 is 0 Å². The molecule has 3 aromatic rings. The zero-order chi connectivity index (χ0) is 18.7. The van der Waals surface area contributed by atoms with Crippen LogP contribution in [0.2, 0.25) is 0 Å². The van der Waals surface area contributed by atoms with Crippen LogP contribution >= 0.6 is 27.3 Å². The maximum absolute atomic E-state index is 12.5. The van der Waals surface area contributed by atoms with E-state index in [-0.39, 0.29) is 5.91 Å². The summed E-state index contributed by atoms with van der Waals surface area (Å²) in [6.07, 6.45) is 0. The first-order chi connectivity index (χ1) is 12.5. The van der Waals surface area contributed by atoms with Crippen LogP contribution in [0.4, 0.5) is 5.00 Å². The van der Waals surface area contributed by atoms with Crippen LogP contribution in [0.5, 0.6) is 0 Å². The molecule has 0 aliphatic carbocycles. The fourth-order valence-electron chi connectivity index (χ4n) is 2.66. The number of hydrogen-bond donors (Lipinski definition) is 1. The third kappa shape index (κ3) is 3.71. The Labute approximate surface area is 163 Å². The molecule has 0 atom stereocenters. The van der Waals surface area contributed by atoms with Crippen LogP contribution in [-0.2, 0) is 4.74 Å². The smallest absolute Gasteiger partial charge is 0.341 e. The minimum absolute atomic E-state index is 0.264. The highest BCUT2D eigenvalue weighted by atomic mass is 79.9. The van der Waals surface area contributed by atoms with Gasteiger partial charge in [-0.3, -0.25) is 4.79 Å². The van der Waals surface area contributed by atoms with Crippen LogP contribution in [0.1, 0.15) is 25.6 Å². The van der Waals surface area contributed by atoms with Crippen molar-refractivity contribution in [1.29, 1.82) is 0 Å². The number of esters is 1. The van der Waals surface area contributed by atoms with Gasteiger partial charge >= 0.3 is 5.97 Å². The molecule has 0 spiro atoms. The lowest BCUT2D eigenvalue weighted by Crippen LogP contribution is -2.14. The van der Waals surface area contributed by atoms with Crippen LogP contribution in [0.3, 0.4) is 0 Å². The van der Waals surface area contributed by atoms with Crippen molar-refractivity contribution in [2.45, 2.75) is 6.92 Å². The van der Waals surface area contributed by atoms with E-state index in [0.717, 1.165) is 20.5 Å². The number of aryl methyl sites for hydroxylation is 1. The number of rotatable bonds is 4. The highest BCUT2D eigenvalue weighted by molar-refractivity contribution is 9.10. The minimum atomic E-state index is -0.476. The van der Waals surface area contributed by atoms with E-state index in [2.05, 4.69) is 21.2 Å². The first kappa shape index (κ1) is 18.4. The molecule has 2 aromatic carbocycles. The summed E-state index contributed by atoms with van der Waals surface area (Å²) in [4.78, 5) is 25.9. The average Bonchev–Trinajstić information content (AvgIpc) is 2.98. The molecule has 0 saturated heterocycles. The molecular weight excluding hydrogens is 414 g/mol. The highest BCUT2D eigenvalue weighted by Gasteiger charge is 2.25. The number of thiophene rings is 1. The van der Waals surface area contributed by atoms with Gasteiger partial charge in [0.1, 0.15) is 10.6 Å². The van der Waals surface area contributed by atoms with Crippen molar-refractivity contribution in [3.63, 3.8) is 0 Å². The van der Waals surface area contributed by atoms with E-state index in [1.807, 2.05) is 37.3 Å². The summed E-state index contributed by atoms with van der Waals surface area (Å²) in [5.74, 6) is -0.741. The molecule has 4 nitrogen and oxygen atoms in total. The van der Waals surface area contributed by atoms with Crippen LogP contribution in [0.25, 0.3) is 11.1 Å². The van der Waals surface area contributed by atoms with E-state index in [1.54, 1.807) is 24.3 Å². The van der Waals surface area contributed by atoms with Crippen LogP contribution in [0.15, 0.2) is 59.1 Å². The van der Waals surface area contributed by atoms with Crippen molar-refractivity contribution in [2.24, 2.45) is 0 Å². The molecule has 26 heavy (non-hydrogen) atoms. The molecule has 1 amide bonds. The van der Waals surface area contributed by atoms with Gasteiger partial charge in [0.05, 0.1) is 7.11 Å². The molecule has 0 unspecified atom stereocenters. The van der Waals surface area contributed by atoms with Crippen molar-refractivity contribution in [3.8, 4) is 11.1 Å². The van der Waals surface area contributed by atoms with E-state index in [4.69, 9.17) is 4.74 Å². The van der Waals surface area contributed by atoms with E-state index in [9.17, 15) is 9.59 Å². The summed E-state index contributed by atoms with van der Waals surface area (Å²) in [6.45, 7) is 1.92. The number of nitrogens with one attached hydrogen (secondary N) is 1. The first-order valence-electron chi connectivity index (χ1n) is 7.85.